The molecule has 0 aromatic carbocycles. The quantitative estimate of drug-likeness (QED) is 0.461. The topological polar surface area (TPSA) is 12.0 Å². The van der Waals surface area contributed by atoms with Crippen LogP contribution in [0.2, 0.25) is 0 Å². The molecular formula is C8H16IN. The van der Waals surface area contributed by atoms with Crippen LogP contribution in [0.5, 0.6) is 0 Å². The molecule has 1 rings (SSSR count). The van der Waals surface area contributed by atoms with Crippen molar-refractivity contribution in [3.63, 3.8) is 0 Å². The number of hydrogen-bond donors (Lipinski definition) is 1. The number of hydrogen-bond acceptors (Lipinski definition) is 1. The highest BCUT2D eigenvalue weighted by Crippen LogP contribution is 2.39. The Labute approximate surface area is 77.1 Å². The maximum atomic E-state index is 3.42. The molecule has 0 heterocycles. The predicted molar refractivity (Wildman–Crippen MR) is 53.4 cm³/mol. The number of nitrogens with one attached hydrogen (secondary N) is 1. The Hall–Kier alpha value is 0.690. The van der Waals surface area contributed by atoms with Crippen molar-refractivity contribution in [3.05, 3.63) is 0 Å². The summed E-state index contributed by atoms with van der Waals surface area (Å²) in [5, 5.41) is 3.42. The maximum absolute atomic E-state index is 3.42. The van der Waals surface area contributed by atoms with Crippen LogP contribution in [0.3, 0.4) is 0 Å². The zero-order valence-electron chi connectivity index (χ0n) is 6.73. The molecule has 0 aromatic rings. The van der Waals surface area contributed by atoms with Gasteiger partial charge in [-0.25, -0.2) is 0 Å². The molecule has 1 aliphatic carbocycles. The van der Waals surface area contributed by atoms with Crippen molar-refractivity contribution in [2.75, 3.05) is 6.54 Å². The summed E-state index contributed by atoms with van der Waals surface area (Å²) in [6.07, 6.45) is 2.85. The van der Waals surface area contributed by atoms with Crippen LogP contribution in [-0.4, -0.2) is 10.6 Å². The van der Waals surface area contributed by atoms with Gasteiger partial charge in [-0.05, 0) is 38.1 Å². The minimum absolute atomic E-state index is 0.631. The summed E-state index contributed by atoms with van der Waals surface area (Å²) >= 11 is 2.40. The lowest BCUT2D eigenvalue weighted by molar-refractivity contribution is 0.598. The molecule has 1 nitrogen and oxygen atoms in total. The third-order valence-electron chi connectivity index (χ3n) is 2.22. The van der Waals surface area contributed by atoms with Crippen LogP contribution in [-0.2, 0) is 0 Å². The second kappa shape index (κ2) is 3.90. The van der Waals surface area contributed by atoms with Crippen molar-refractivity contribution >= 4 is 22.6 Å². The lowest BCUT2D eigenvalue weighted by Crippen LogP contribution is -2.21. The van der Waals surface area contributed by atoms with Crippen LogP contribution in [0.1, 0.15) is 26.7 Å². The smallest absolute Gasteiger partial charge is 0.0564 e. The fraction of sp³-hybridized carbons (Fsp3) is 1.00. The molecule has 1 N–H and O–H groups in total. The highest BCUT2D eigenvalue weighted by Gasteiger charge is 2.31. The molecule has 2 unspecified atom stereocenters. The summed E-state index contributed by atoms with van der Waals surface area (Å²) in [7, 11) is 0. The van der Waals surface area contributed by atoms with Gasteiger partial charge in [-0.2, -0.15) is 0 Å². The normalized spacial score (nSPS) is 33.9. The van der Waals surface area contributed by atoms with Crippen molar-refractivity contribution in [2.45, 2.75) is 30.7 Å². The zero-order chi connectivity index (χ0) is 7.56. The van der Waals surface area contributed by atoms with Gasteiger partial charge in [0.1, 0.15) is 0 Å². The summed E-state index contributed by atoms with van der Waals surface area (Å²) in [6, 6.07) is 0. The molecule has 0 aliphatic heterocycles. The number of alkyl halides is 1. The Morgan fingerprint density at radius 1 is 1.70 bits per heavy atom. The highest BCUT2D eigenvalue weighted by molar-refractivity contribution is 14.1. The second-order valence-electron chi connectivity index (χ2n) is 3.33. The van der Waals surface area contributed by atoms with Gasteiger partial charge < -0.3 is 5.32 Å². The van der Waals surface area contributed by atoms with E-state index in [4.69, 9.17) is 0 Å². The van der Waals surface area contributed by atoms with E-state index in [0.29, 0.717) is 4.05 Å². The molecule has 1 fully saturated rings. The van der Waals surface area contributed by atoms with E-state index in [1.165, 1.54) is 19.4 Å². The first-order valence-electron chi connectivity index (χ1n) is 4.07. The fourth-order valence-corrected chi connectivity index (χ4v) is 1.58. The van der Waals surface area contributed by atoms with Gasteiger partial charge in [0.2, 0.25) is 0 Å². The van der Waals surface area contributed by atoms with E-state index in [0.717, 1.165) is 11.8 Å². The van der Waals surface area contributed by atoms with Crippen molar-refractivity contribution in [1.29, 1.82) is 0 Å². The molecule has 60 valence electrons. The third-order valence-corrected chi connectivity index (χ3v) is 2.66. The first-order valence-corrected chi connectivity index (χ1v) is 5.32. The molecule has 1 aliphatic rings. The first-order chi connectivity index (χ1) is 4.70. The molecule has 3 atom stereocenters. The standard InChI is InChI=1S/C8H16IN/c1-6-5-8(6)3-4-10-7(2)9/h6-8,10H,3-5H2,1-2H3/t6?,7-,8?/m1/s1. The SMILES string of the molecule is CC1CC1CCN[C@H](C)I. The maximum Gasteiger partial charge on any atom is 0.0564 e. The van der Waals surface area contributed by atoms with E-state index in [-0.39, 0.29) is 0 Å². The monoisotopic (exact) mass is 253 g/mol. The first kappa shape index (κ1) is 8.78. The average molecular weight is 253 g/mol. The lowest BCUT2D eigenvalue weighted by Gasteiger charge is -2.04. The fourth-order valence-electron chi connectivity index (χ4n) is 1.27. The molecule has 0 aromatic heterocycles. The van der Waals surface area contributed by atoms with E-state index in [2.05, 4.69) is 41.8 Å². The largest absolute Gasteiger partial charge is 0.306 e. The molecule has 0 spiro atoms. The molecular weight excluding hydrogens is 237 g/mol. The van der Waals surface area contributed by atoms with Crippen LogP contribution in [0.25, 0.3) is 0 Å². The van der Waals surface area contributed by atoms with Gasteiger partial charge in [-0.15, -0.1) is 0 Å². The van der Waals surface area contributed by atoms with Crippen molar-refractivity contribution in [3.8, 4) is 0 Å². The van der Waals surface area contributed by atoms with Crippen LogP contribution >= 0.6 is 22.6 Å². The van der Waals surface area contributed by atoms with Crippen LogP contribution in [0.15, 0.2) is 0 Å². The molecule has 0 bridgehead atoms. The van der Waals surface area contributed by atoms with E-state index < -0.39 is 0 Å². The highest BCUT2D eigenvalue weighted by atomic mass is 127. The lowest BCUT2D eigenvalue weighted by atomic mass is 10.2. The minimum Gasteiger partial charge on any atom is -0.306 e. The Morgan fingerprint density at radius 3 is 2.70 bits per heavy atom. The molecule has 0 saturated heterocycles. The van der Waals surface area contributed by atoms with Crippen molar-refractivity contribution < 1.29 is 0 Å². The Balaban J connectivity index is 1.87. The van der Waals surface area contributed by atoms with Crippen LogP contribution in [0, 0.1) is 11.8 Å². The minimum atomic E-state index is 0.631. The molecule has 10 heavy (non-hydrogen) atoms. The van der Waals surface area contributed by atoms with Crippen molar-refractivity contribution in [1.82, 2.24) is 5.32 Å². The Bertz CT molecular complexity index is 103. The van der Waals surface area contributed by atoms with Crippen LogP contribution in [0.4, 0.5) is 0 Å². The average Bonchev–Trinajstić information content (AvgIpc) is 2.46. The second-order valence-corrected chi connectivity index (χ2v) is 5.20. The third kappa shape index (κ3) is 3.19. The zero-order valence-corrected chi connectivity index (χ0v) is 8.89. The summed E-state index contributed by atoms with van der Waals surface area (Å²) in [4.78, 5) is 0. The summed E-state index contributed by atoms with van der Waals surface area (Å²) in [6.45, 7) is 5.74. The van der Waals surface area contributed by atoms with E-state index in [9.17, 15) is 0 Å². The number of rotatable bonds is 4. The summed E-state index contributed by atoms with van der Waals surface area (Å²) < 4.78 is 0.631. The Kier molecular flexibility index (Phi) is 3.43. The number of halogens is 1. The van der Waals surface area contributed by atoms with Gasteiger partial charge in [-0.3, -0.25) is 0 Å². The predicted octanol–water partition coefficient (Wildman–Crippen LogP) is 2.40. The van der Waals surface area contributed by atoms with E-state index >= 15 is 0 Å². The van der Waals surface area contributed by atoms with Crippen LogP contribution < -0.4 is 5.32 Å². The van der Waals surface area contributed by atoms with E-state index in [1.54, 1.807) is 0 Å². The van der Waals surface area contributed by atoms with Gasteiger partial charge in [0.05, 0.1) is 4.05 Å². The molecule has 1 saturated carbocycles. The Morgan fingerprint density at radius 2 is 2.30 bits per heavy atom. The molecule has 0 radical (unpaired) electrons. The molecule has 2 heteroatoms. The summed E-state index contributed by atoms with van der Waals surface area (Å²) in [5.74, 6) is 2.06. The van der Waals surface area contributed by atoms with E-state index in [1.807, 2.05) is 0 Å². The van der Waals surface area contributed by atoms with Gasteiger partial charge in [0.25, 0.3) is 0 Å². The van der Waals surface area contributed by atoms with Crippen molar-refractivity contribution in [2.24, 2.45) is 11.8 Å². The molecule has 0 amide bonds. The van der Waals surface area contributed by atoms with Gasteiger partial charge >= 0.3 is 0 Å². The van der Waals surface area contributed by atoms with Gasteiger partial charge in [0, 0.05) is 0 Å². The van der Waals surface area contributed by atoms with Gasteiger partial charge in [0.15, 0.2) is 0 Å². The van der Waals surface area contributed by atoms with Gasteiger partial charge in [-0.1, -0.05) is 29.5 Å². The summed E-state index contributed by atoms with van der Waals surface area (Å²) in [5.41, 5.74) is 0.